The van der Waals surface area contributed by atoms with Crippen LogP contribution in [0.2, 0.25) is 0 Å². The molecule has 104 valence electrons. The first-order chi connectivity index (χ1) is 8.70. The van der Waals surface area contributed by atoms with E-state index >= 15 is 0 Å². The number of amides is 1. The van der Waals surface area contributed by atoms with Gasteiger partial charge < -0.3 is 10.0 Å². The fourth-order valence-corrected chi connectivity index (χ4v) is 3.01. The van der Waals surface area contributed by atoms with Crippen LogP contribution in [-0.4, -0.2) is 59.6 Å². The number of hydrogen-bond acceptors (Lipinski definition) is 3. The van der Waals surface area contributed by atoms with Gasteiger partial charge in [-0.15, -0.1) is 0 Å². The Balaban J connectivity index is 1.74. The summed E-state index contributed by atoms with van der Waals surface area (Å²) in [7, 11) is 0. The lowest BCUT2D eigenvalue weighted by atomic mass is 10.1. The lowest BCUT2D eigenvalue weighted by molar-refractivity contribution is -0.137. The van der Waals surface area contributed by atoms with E-state index < -0.39 is 0 Å². The zero-order chi connectivity index (χ0) is 13.0. The van der Waals surface area contributed by atoms with Crippen molar-refractivity contribution < 1.29 is 9.90 Å². The maximum Gasteiger partial charge on any atom is 0.225 e. The summed E-state index contributed by atoms with van der Waals surface area (Å²) in [6.45, 7) is 6.26. The SMILES string of the molecule is CC[C@@H](O)CN1CCN(C(=O)C2CCCC2)CC1. The Kier molecular flexibility index (Phi) is 5.01. The van der Waals surface area contributed by atoms with Crippen LogP contribution >= 0.6 is 0 Å². The van der Waals surface area contributed by atoms with E-state index in [0.29, 0.717) is 11.8 Å². The minimum absolute atomic E-state index is 0.220. The Morgan fingerprint density at radius 1 is 1.22 bits per heavy atom. The molecule has 1 aliphatic carbocycles. The molecule has 0 aromatic heterocycles. The number of carbonyl (C=O) groups is 1. The van der Waals surface area contributed by atoms with E-state index in [4.69, 9.17) is 0 Å². The van der Waals surface area contributed by atoms with E-state index in [1.165, 1.54) is 12.8 Å². The molecule has 2 aliphatic rings. The van der Waals surface area contributed by atoms with Gasteiger partial charge in [0, 0.05) is 38.6 Å². The van der Waals surface area contributed by atoms with Gasteiger partial charge in [-0.25, -0.2) is 0 Å². The van der Waals surface area contributed by atoms with Gasteiger partial charge in [0.25, 0.3) is 0 Å². The van der Waals surface area contributed by atoms with Crippen molar-refractivity contribution >= 4 is 5.91 Å². The number of aliphatic hydroxyl groups excluding tert-OH is 1. The molecule has 4 nitrogen and oxygen atoms in total. The summed E-state index contributed by atoms with van der Waals surface area (Å²) in [6.07, 6.45) is 5.21. The van der Waals surface area contributed by atoms with Gasteiger partial charge in [0.1, 0.15) is 0 Å². The van der Waals surface area contributed by atoms with Crippen molar-refractivity contribution in [3.8, 4) is 0 Å². The first kappa shape index (κ1) is 13.8. The lowest BCUT2D eigenvalue weighted by Gasteiger charge is -2.36. The minimum Gasteiger partial charge on any atom is -0.392 e. The highest BCUT2D eigenvalue weighted by Crippen LogP contribution is 2.26. The van der Waals surface area contributed by atoms with E-state index in [0.717, 1.165) is 52.0 Å². The van der Waals surface area contributed by atoms with Gasteiger partial charge in [0.15, 0.2) is 0 Å². The smallest absolute Gasteiger partial charge is 0.225 e. The molecule has 0 unspecified atom stereocenters. The third-order valence-corrected chi connectivity index (χ3v) is 4.33. The first-order valence-corrected chi connectivity index (χ1v) is 7.40. The van der Waals surface area contributed by atoms with E-state index in [2.05, 4.69) is 4.90 Å². The number of piperazine rings is 1. The number of rotatable bonds is 4. The zero-order valence-corrected chi connectivity index (χ0v) is 11.5. The van der Waals surface area contributed by atoms with Gasteiger partial charge in [-0.3, -0.25) is 9.69 Å². The highest BCUT2D eigenvalue weighted by Gasteiger charge is 2.29. The van der Waals surface area contributed by atoms with Crippen LogP contribution in [0.4, 0.5) is 0 Å². The van der Waals surface area contributed by atoms with Gasteiger partial charge in [0.2, 0.25) is 5.91 Å². The third-order valence-electron chi connectivity index (χ3n) is 4.33. The molecule has 0 aromatic carbocycles. The van der Waals surface area contributed by atoms with Gasteiger partial charge in [-0.2, -0.15) is 0 Å². The lowest BCUT2D eigenvalue weighted by Crippen LogP contribution is -2.51. The average Bonchev–Trinajstić information content (AvgIpc) is 2.92. The summed E-state index contributed by atoms with van der Waals surface area (Å²) in [5, 5.41) is 9.64. The van der Waals surface area contributed by atoms with Crippen LogP contribution in [0, 0.1) is 5.92 Å². The monoisotopic (exact) mass is 254 g/mol. The Morgan fingerprint density at radius 3 is 2.39 bits per heavy atom. The number of aliphatic hydroxyl groups is 1. The minimum atomic E-state index is -0.220. The Bertz CT molecular complexity index is 269. The second-order valence-corrected chi connectivity index (χ2v) is 5.67. The van der Waals surface area contributed by atoms with Gasteiger partial charge in [-0.05, 0) is 19.3 Å². The summed E-state index contributed by atoms with van der Waals surface area (Å²) in [4.78, 5) is 16.5. The fraction of sp³-hybridized carbons (Fsp3) is 0.929. The summed E-state index contributed by atoms with van der Waals surface area (Å²) < 4.78 is 0. The molecule has 4 heteroatoms. The van der Waals surface area contributed by atoms with E-state index in [-0.39, 0.29) is 6.10 Å². The van der Waals surface area contributed by atoms with Crippen molar-refractivity contribution in [3.05, 3.63) is 0 Å². The molecule has 0 radical (unpaired) electrons. The molecule has 1 saturated heterocycles. The number of hydrogen-bond donors (Lipinski definition) is 1. The van der Waals surface area contributed by atoms with Crippen LogP contribution in [-0.2, 0) is 4.79 Å². The molecular weight excluding hydrogens is 228 g/mol. The van der Waals surface area contributed by atoms with Gasteiger partial charge in [0.05, 0.1) is 6.10 Å². The van der Waals surface area contributed by atoms with Crippen LogP contribution in [0.1, 0.15) is 39.0 Å². The van der Waals surface area contributed by atoms with Crippen LogP contribution < -0.4 is 0 Å². The van der Waals surface area contributed by atoms with Crippen molar-refractivity contribution in [2.75, 3.05) is 32.7 Å². The normalized spacial score (nSPS) is 24.4. The van der Waals surface area contributed by atoms with E-state index in [1.54, 1.807) is 0 Å². The van der Waals surface area contributed by atoms with Crippen LogP contribution in [0.15, 0.2) is 0 Å². The fourth-order valence-electron chi connectivity index (χ4n) is 3.01. The summed E-state index contributed by atoms with van der Waals surface area (Å²) in [5.74, 6) is 0.681. The van der Waals surface area contributed by atoms with Gasteiger partial charge in [-0.1, -0.05) is 19.8 Å². The molecule has 1 atom stereocenters. The van der Waals surface area contributed by atoms with Crippen molar-refractivity contribution in [2.45, 2.75) is 45.1 Å². The number of β-amino-alcohol motifs (C(OH)–C–C–N with tert-alkyl or cyclic N) is 1. The second-order valence-electron chi connectivity index (χ2n) is 5.67. The molecule has 2 rings (SSSR count). The number of nitrogens with zero attached hydrogens (tertiary/aromatic N) is 2. The molecule has 0 spiro atoms. The Morgan fingerprint density at radius 2 is 1.83 bits per heavy atom. The highest BCUT2D eigenvalue weighted by atomic mass is 16.3. The predicted octanol–water partition coefficient (Wildman–Crippen LogP) is 1.09. The maximum atomic E-state index is 12.2. The van der Waals surface area contributed by atoms with Gasteiger partial charge >= 0.3 is 0 Å². The molecule has 2 fully saturated rings. The highest BCUT2D eigenvalue weighted by molar-refractivity contribution is 5.79. The zero-order valence-electron chi connectivity index (χ0n) is 11.5. The molecule has 1 N–H and O–H groups in total. The molecule has 0 aromatic rings. The maximum absolute atomic E-state index is 12.2. The van der Waals surface area contributed by atoms with Crippen molar-refractivity contribution in [3.63, 3.8) is 0 Å². The molecule has 1 amide bonds. The average molecular weight is 254 g/mol. The predicted molar refractivity (Wildman–Crippen MR) is 71.3 cm³/mol. The quantitative estimate of drug-likeness (QED) is 0.817. The third kappa shape index (κ3) is 3.45. The topological polar surface area (TPSA) is 43.8 Å². The molecule has 1 aliphatic heterocycles. The van der Waals surface area contributed by atoms with Crippen LogP contribution in [0.3, 0.4) is 0 Å². The first-order valence-electron chi connectivity index (χ1n) is 7.40. The van der Waals surface area contributed by atoms with E-state index in [1.807, 2.05) is 11.8 Å². The Hall–Kier alpha value is -0.610. The Labute approximate surface area is 110 Å². The molecular formula is C14H26N2O2. The summed E-state index contributed by atoms with van der Waals surface area (Å²) in [6, 6.07) is 0. The molecule has 1 saturated carbocycles. The van der Waals surface area contributed by atoms with Crippen molar-refractivity contribution in [1.82, 2.24) is 9.80 Å². The van der Waals surface area contributed by atoms with Crippen LogP contribution in [0.25, 0.3) is 0 Å². The standard InChI is InChI=1S/C14H26N2O2/c1-2-13(17)11-15-7-9-16(10-8-15)14(18)12-5-3-4-6-12/h12-13,17H,2-11H2,1H3/t13-/m1/s1. The summed E-state index contributed by atoms with van der Waals surface area (Å²) in [5.41, 5.74) is 0. The van der Waals surface area contributed by atoms with Crippen molar-refractivity contribution in [2.24, 2.45) is 5.92 Å². The van der Waals surface area contributed by atoms with E-state index in [9.17, 15) is 9.90 Å². The number of carbonyl (C=O) groups excluding carboxylic acids is 1. The molecule has 0 bridgehead atoms. The summed E-state index contributed by atoms with van der Waals surface area (Å²) >= 11 is 0. The molecule has 1 heterocycles. The largest absolute Gasteiger partial charge is 0.392 e. The molecule has 18 heavy (non-hydrogen) atoms. The van der Waals surface area contributed by atoms with Crippen LogP contribution in [0.5, 0.6) is 0 Å². The van der Waals surface area contributed by atoms with Crippen molar-refractivity contribution in [1.29, 1.82) is 0 Å². The second kappa shape index (κ2) is 6.53.